The van der Waals surface area contributed by atoms with Gasteiger partial charge in [0, 0.05) is 11.8 Å². The molecule has 126 valence electrons. The highest BCUT2D eigenvalue weighted by Gasteiger charge is 2.60. The lowest BCUT2D eigenvalue weighted by Crippen LogP contribution is -2.45. The van der Waals surface area contributed by atoms with Gasteiger partial charge in [-0.05, 0) is 23.4 Å². The van der Waals surface area contributed by atoms with Crippen molar-refractivity contribution in [2.24, 2.45) is 5.16 Å². The first-order chi connectivity index (χ1) is 11.3. The molecule has 1 aliphatic rings. The maximum atomic E-state index is 12.7. The molecule has 1 aliphatic heterocycles. The van der Waals surface area contributed by atoms with Crippen LogP contribution >= 0.6 is 11.8 Å². The van der Waals surface area contributed by atoms with E-state index < -0.39 is 18.4 Å². The van der Waals surface area contributed by atoms with Crippen LogP contribution < -0.4 is 0 Å². The van der Waals surface area contributed by atoms with Crippen molar-refractivity contribution < 1.29 is 23.1 Å². The molecule has 0 amide bonds. The Labute approximate surface area is 140 Å². The van der Waals surface area contributed by atoms with Crippen molar-refractivity contribution >= 4 is 17.5 Å². The van der Waals surface area contributed by atoms with Crippen molar-refractivity contribution in [1.82, 2.24) is 4.98 Å². The molecule has 3 rings (SSSR count). The summed E-state index contributed by atoms with van der Waals surface area (Å²) in [7, 11) is 0. The van der Waals surface area contributed by atoms with Crippen LogP contribution in [0.5, 0.6) is 0 Å². The monoisotopic (exact) mass is 354 g/mol. The minimum absolute atomic E-state index is 0.0534. The number of hydrogen-bond acceptors (Lipinski definition) is 5. The Bertz CT molecular complexity index is 778. The van der Waals surface area contributed by atoms with Gasteiger partial charge in [-0.2, -0.15) is 13.2 Å². The van der Waals surface area contributed by atoms with Crippen molar-refractivity contribution in [2.45, 2.75) is 23.4 Å². The van der Waals surface area contributed by atoms with E-state index in [1.54, 1.807) is 30.5 Å². The number of hydrogen-bond donors (Lipinski definition) is 1. The van der Waals surface area contributed by atoms with Crippen molar-refractivity contribution in [2.75, 3.05) is 6.26 Å². The van der Waals surface area contributed by atoms with E-state index in [2.05, 4.69) is 15.0 Å². The minimum atomic E-state index is -4.90. The zero-order chi connectivity index (χ0) is 17.4. The average Bonchev–Trinajstić information content (AvgIpc) is 2.98. The Hall–Kier alpha value is -2.06. The number of nitrogens with zero attached hydrogens (tertiary/aromatic N) is 2. The van der Waals surface area contributed by atoms with E-state index in [9.17, 15) is 18.3 Å². The van der Waals surface area contributed by atoms with Gasteiger partial charge < -0.3 is 9.94 Å². The molecule has 1 atom stereocenters. The molecule has 2 heterocycles. The first-order valence-electron chi connectivity index (χ1n) is 6.98. The van der Waals surface area contributed by atoms with Gasteiger partial charge in [0.25, 0.3) is 0 Å². The summed E-state index contributed by atoms with van der Waals surface area (Å²) in [5.41, 5.74) is 2.35. The topological polar surface area (TPSA) is 54.7 Å². The first-order valence-corrected chi connectivity index (χ1v) is 8.20. The molecule has 0 radical (unpaired) electrons. The standard InChI is InChI=1S/C16H13F3N2O2S/c1-24-14-12(3-2-8-20-14)10-4-6-11(7-5-10)13-9-15(22,23-21-13)16(17,18)19/h2-8,22H,9H2,1H3. The number of benzene rings is 1. The van der Waals surface area contributed by atoms with Gasteiger partial charge >= 0.3 is 12.0 Å². The molecule has 0 saturated carbocycles. The fraction of sp³-hybridized carbons (Fsp3) is 0.250. The molecule has 0 spiro atoms. The highest BCUT2D eigenvalue weighted by molar-refractivity contribution is 7.98. The predicted molar refractivity (Wildman–Crippen MR) is 84.7 cm³/mol. The maximum Gasteiger partial charge on any atom is 0.458 e. The number of halogens is 3. The molecule has 1 aromatic heterocycles. The Balaban J connectivity index is 1.84. The maximum absolute atomic E-state index is 12.7. The van der Waals surface area contributed by atoms with E-state index >= 15 is 0 Å². The van der Waals surface area contributed by atoms with Gasteiger partial charge in [0.15, 0.2) is 0 Å². The van der Waals surface area contributed by atoms with Gasteiger partial charge in [0.05, 0.1) is 12.1 Å². The number of oxime groups is 1. The molecule has 1 aromatic carbocycles. The predicted octanol–water partition coefficient (Wildman–Crippen LogP) is 3.85. The van der Waals surface area contributed by atoms with Crippen LogP contribution in [0, 0.1) is 0 Å². The molecule has 0 bridgehead atoms. The highest BCUT2D eigenvalue weighted by Crippen LogP contribution is 2.39. The summed E-state index contributed by atoms with van der Waals surface area (Å²) in [6.07, 6.45) is -2.02. The van der Waals surface area contributed by atoms with E-state index in [-0.39, 0.29) is 5.71 Å². The second-order valence-electron chi connectivity index (χ2n) is 5.23. The van der Waals surface area contributed by atoms with Gasteiger partial charge in [-0.15, -0.1) is 11.8 Å². The number of pyridine rings is 1. The van der Waals surface area contributed by atoms with Crippen molar-refractivity contribution in [3.05, 3.63) is 48.2 Å². The third kappa shape index (κ3) is 2.99. The fourth-order valence-electron chi connectivity index (χ4n) is 2.34. The van der Waals surface area contributed by atoms with Crippen LogP contribution in [0.15, 0.2) is 52.8 Å². The molecule has 0 aliphatic carbocycles. The van der Waals surface area contributed by atoms with E-state index in [4.69, 9.17) is 0 Å². The SMILES string of the molecule is CSc1ncccc1-c1ccc(C2=NOC(O)(C(F)(F)F)C2)cc1. The number of rotatable bonds is 3. The number of aromatic nitrogens is 1. The smallest absolute Gasteiger partial charge is 0.350 e. The molecule has 24 heavy (non-hydrogen) atoms. The summed E-state index contributed by atoms with van der Waals surface area (Å²) in [5, 5.41) is 13.7. The highest BCUT2D eigenvalue weighted by atomic mass is 32.2. The minimum Gasteiger partial charge on any atom is -0.350 e. The van der Waals surface area contributed by atoms with Crippen LogP contribution in [0.2, 0.25) is 0 Å². The van der Waals surface area contributed by atoms with Crippen LogP contribution in [0.3, 0.4) is 0 Å². The average molecular weight is 354 g/mol. The van der Waals surface area contributed by atoms with Gasteiger partial charge in [0.1, 0.15) is 5.03 Å². The molecular weight excluding hydrogens is 341 g/mol. The molecule has 0 fully saturated rings. The Morgan fingerprint density at radius 1 is 1.17 bits per heavy atom. The Kier molecular flexibility index (Phi) is 4.27. The zero-order valence-corrected chi connectivity index (χ0v) is 13.4. The summed E-state index contributed by atoms with van der Waals surface area (Å²) < 4.78 is 38.2. The fourth-order valence-corrected chi connectivity index (χ4v) is 2.92. The first kappa shape index (κ1) is 16.8. The second-order valence-corrected chi connectivity index (χ2v) is 6.02. The van der Waals surface area contributed by atoms with Gasteiger partial charge in [-0.1, -0.05) is 35.5 Å². The molecule has 1 N–H and O–H groups in total. The van der Waals surface area contributed by atoms with Crippen molar-refractivity contribution in [1.29, 1.82) is 0 Å². The lowest BCUT2D eigenvalue weighted by molar-refractivity contribution is -0.355. The molecular formula is C16H13F3N2O2S. The molecule has 1 unspecified atom stereocenters. The van der Waals surface area contributed by atoms with Crippen molar-refractivity contribution in [3.63, 3.8) is 0 Å². The summed E-state index contributed by atoms with van der Waals surface area (Å²) in [6, 6.07) is 10.6. The van der Waals surface area contributed by atoms with E-state index in [1.165, 1.54) is 11.8 Å². The number of thioether (sulfide) groups is 1. The lowest BCUT2D eigenvalue weighted by Gasteiger charge is -2.22. The summed E-state index contributed by atoms with van der Waals surface area (Å²) in [6.45, 7) is 0. The van der Waals surface area contributed by atoms with Crippen LogP contribution in [-0.4, -0.2) is 34.0 Å². The van der Waals surface area contributed by atoms with Gasteiger partial charge in [-0.3, -0.25) is 0 Å². The van der Waals surface area contributed by atoms with Gasteiger partial charge in [0.2, 0.25) is 0 Å². The van der Waals surface area contributed by atoms with Crippen LogP contribution in [0.1, 0.15) is 12.0 Å². The van der Waals surface area contributed by atoms with E-state index in [0.717, 1.165) is 16.2 Å². The van der Waals surface area contributed by atoms with Crippen LogP contribution in [-0.2, 0) is 4.84 Å². The molecule has 8 heteroatoms. The summed E-state index contributed by atoms with van der Waals surface area (Å²) >= 11 is 1.51. The lowest BCUT2D eigenvalue weighted by atomic mass is 9.99. The quantitative estimate of drug-likeness (QED) is 0.851. The number of alkyl halides is 3. The van der Waals surface area contributed by atoms with Crippen LogP contribution in [0.4, 0.5) is 13.2 Å². The summed E-state index contributed by atoms with van der Waals surface area (Å²) in [5.74, 6) is -3.25. The summed E-state index contributed by atoms with van der Waals surface area (Å²) in [4.78, 5) is 8.51. The van der Waals surface area contributed by atoms with E-state index in [0.29, 0.717) is 5.56 Å². The largest absolute Gasteiger partial charge is 0.458 e. The van der Waals surface area contributed by atoms with Crippen LogP contribution in [0.25, 0.3) is 11.1 Å². The molecule has 0 saturated heterocycles. The second kappa shape index (κ2) is 6.10. The van der Waals surface area contributed by atoms with E-state index in [1.807, 2.05) is 18.4 Å². The Morgan fingerprint density at radius 3 is 2.42 bits per heavy atom. The normalized spacial score (nSPS) is 20.6. The van der Waals surface area contributed by atoms with Gasteiger partial charge in [-0.25, -0.2) is 4.98 Å². The Morgan fingerprint density at radius 2 is 1.83 bits per heavy atom. The third-order valence-corrected chi connectivity index (χ3v) is 4.36. The molecule has 2 aromatic rings. The zero-order valence-electron chi connectivity index (χ0n) is 12.5. The third-order valence-electron chi connectivity index (χ3n) is 3.65. The van der Waals surface area contributed by atoms with Crippen molar-refractivity contribution in [3.8, 4) is 11.1 Å². The molecule has 4 nitrogen and oxygen atoms in total. The number of aliphatic hydroxyl groups is 1.